The van der Waals surface area contributed by atoms with Crippen molar-refractivity contribution in [3.63, 3.8) is 0 Å². The standard InChI is InChI=1S/C54H96NO8.HI/c1-8-9-10-11-12-13-14-15-16-17-18-23-51(59)63-45(39-55(7,35-37-57)34-20-36-56)40-61-50(58)28-29-52(60)62-44-30-32-53(5)43(38-44)24-25-46-48-27-26-47(42(4)22-19-21-41(2)3)54(48,6)33-31-49(46)53;/h24,41-42,44-49,56-57H,8-23,25-40H2,1-7H3;1H/q+1;/p-1/t42-,44+,45+,46+,47-,48+,49+,53+,54-,55?;/m1./s1. The van der Waals surface area contributed by atoms with Crippen LogP contribution in [0.4, 0.5) is 0 Å². The minimum atomic E-state index is -0.701. The number of allylic oxidation sites excluding steroid dienone is 1. The van der Waals surface area contributed by atoms with Crippen LogP contribution in [0.15, 0.2) is 11.6 Å². The summed E-state index contributed by atoms with van der Waals surface area (Å²) in [5, 5.41) is 19.3. The number of nitrogens with zero attached hydrogens (tertiary/aromatic N) is 1. The number of rotatable bonds is 31. The quantitative estimate of drug-likeness (QED) is 0.0177. The van der Waals surface area contributed by atoms with Gasteiger partial charge in [-0.25, -0.2) is 0 Å². The van der Waals surface area contributed by atoms with E-state index < -0.39 is 12.1 Å². The Bertz CT molecular complexity index is 1410. The highest BCUT2D eigenvalue weighted by molar-refractivity contribution is 5.77. The van der Waals surface area contributed by atoms with Crippen molar-refractivity contribution in [3.8, 4) is 0 Å². The average Bonchev–Trinajstić information content (AvgIpc) is 3.60. The highest BCUT2D eigenvalue weighted by atomic mass is 127. The van der Waals surface area contributed by atoms with Gasteiger partial charge in [0.1, 0.15) is 25.8 Å². The molecule has 2 N–H and O–H groups in total. The summed E-state index contributed by atoms with van der Waals surface area (Å²) in [4.78, 5) is 39.2. The van der Waals surface area contributed by atoms with Gasteiger partial charge < -0.3 is 52.9 Å². The Morgan fingerprint density at radius 1 is 0.750 bits per heavy atom. The number of aliphatic hydroxyl groups is 2. The molecule has 0 saturated heterocycles. The fourth-order valence-electron chi connectivity index (χ4n) is 13.2. The Labute approximate surface area is 408 Å². The number of esters is 3. The summed E-state index contributed by atoms with van der Waals surface area (Å²) in [6.45, 7) is 15.8. The lowest BCUT2D eigenvalue weighted by Crippen LogP contribution is -3.00. The molecule has 0 amide bonds. The highest BCUT2D eigenvalue weighted by Gasteiger charge is 2.59. The second-order valence-electron chi connectivity index (χ2n) is 22.3. The molecular formula is C54H96INO8. The summed E-state index contributed by atoms with van der Waals surface area (Å²) in [5.74, 6) is 3.53. The van der Waals surface area contributed by atoms with Gasteiger partial charge in [0.2, 0.25) is 0 Å². The van der Waals surface area contributed by atoms with Crippen molar-refractivity contribution in [1.29, 1.82) is 0 Å². The monoisotopic (exact) mass is 1010 g/mol. The van der Waals surface area contributed by atoms with Gasteiger partial charge in [-0.1, -0.05) is 137 Å². The lowest BCUT2D eigenvalue weighted by molar-refractivity contribution is -0.912. The molecule has 0 aromatic rings. The lowest BCUT2D eigenvalue weighted by atomic mass is 9.47. The van der Waals surface area contributed by atoms with E-state index in [0.29, 0.717) is 48.3 Å². The molecule has 1 unspecified atom stereocenters. The average molecular weight is 1010 g/mol. The van der Waals surface area contributed by atoms with Crippen LogP contribution in [0, 0.1) is 46.3 Å². The number of carbonyl (C=O) groups excluding carboxylic acids is 3. The maximum absolute atomic E-state index is 13.2. The Morgan fingerprint density at radius 2 is 1.42 bits per heavy atom. The van der Waals surface area contributed by atoms with Crippen molar-refractivity contribution in [2.24, 2.45) is 46.3 Å². The summed E-state index contributed by atoms with van der Waals surface area (Å²) in [6, 6.07) is 0. The first-order valence-corrected chi connectivity index (χ1v) is 26.5. The molecule has 0 spiro atoms. The lowest BCUT2D eigenvalue weighted by Gasteiger charge is -2.58. The number of quaternary nitrogens is 1. The molecule has 9 nitrogen and oxygen atoms in total. The number of unbranched alkanes of at least 4 members (excludes halogenated alkanes) is 10. The zero-order valence-electron chi connectivity index (χ0n) is 42.0. The van der Waals surface area contributed by atoms with Gasteiger partial charge in [0.15, 0.2) is 6.10 Å². The molecule has 4 aliphatic rings. The molecule has 0 aromatic carbocycles. The molecule has 3 fully saturated rings. The fourth-order valence-corrected chi connectivity index (χ4v) is 13.2. The van der Waals surface area contributed by atoms with Crippen LogP contribution in [0.1, 0.15) is 208 Å². The van der Waals surface area contributed by atoms with Gasteiger partial charge in [-0.15, -0.1) is 0 Å². The normalized spacial score (nSPS) is 28.1. The molecule has 10 heteroatoms. The third kappa shape index (κ3) is 17.4. The van der Waals surface area contributed by atoms with E-state index >= 15 is 0 Å². The Kier molecular flexibility index (Phi) is 25.8. The second kappa shape index (κ2) is 28.9. The molecule has 0 radical (unpaired) electrons. The topological polar surface area (TPSA) is 119 Å². The number of hydrogen-bond donors (Lipinski definition) is 2. The van der Waals surface area contributed by atoms with Gasteiger partial charge in [0.05, 0.1) is 33.0 Å². The summed E-state index contributed by atoms with van der Waals surface area (Å²) < 4.78 is 18.0. The predicted molar refractivity (Wildman–Crippen MR) is 254 cm³/mol. The number of aliphatic hydroxyl groups excluding tert-OH is 2. The summed E-state index contributed by atoms with van der Waals surface area (Å²) in [6.07, 6.45) is 28.9. The van der Waals surface area contributed by atoms with Crippen molar-refractivity contribution < 1.29 is 67.3 Å². The van der Waals surface area contributed by atoms with Crippen LogP contribution in [-0.4, -0.2) is 91.3 Å². The Balaban J connectivity index is 0.0000109. The van der Waals surface area contributed by atoms with Crippen molar-refractivity contribution in [3.05, 3.63) is 11.6 Å². The third-order valence-corrected chi connectivity index (χ3v) is 16.9. The molecule has 4 aliphatic carbocycles. The van der Waals surface area contributed by atoms with Crippen LogP contribution < -0.4 is 24.0 Å². The number of fused-ring (bicyclic) bond motifs is 5. The van der Waals surface area contributed by atoms with Crippen LogP contribution in [-0.2, 0) is 28.6 Å². The molecule has 0 heterocycles. The van der Waals surface area contributed by atoms with Crippen LogP contribution in [0.3, 0.4) is 0 Å². The Morgan fingerprint density at radius 3 is 2.08 bits per heavy atom. The molecule has 0 aromatic heterocycles. The van der Waals surface area contributed by atoms with Gasteiger partial charge >= 0.3 is 17.9 Å². The summed E-state index contributed by atoms with van der Waals surface area (Å²) in [7, 11) is 1.95. The van der Waals surface area contributed by atoms with Gasteiger partial charge in [0.25, 0.3) is 0 Å². The molecule has 4 rings (SSSR count). The fraction of sp³-hybridized carbons (Fsp3) is 0.907. The van der Waals surface area contributed by atoms with E-state index in [1.54, 1.807) is 0 Å². The predicted octanol–water partition coefficient (Wildman–Crippen LogP) is 8.70. The molecule has 10 atom stereocenters. The van der Waals surface area contributed by atoms with Crippen LogP contribution >= 0.6 is 0 Å². The molecule has 3 saturated carbocycles. The number of likely N-dealkylation sites (N-methyl/N-ethyl adjacent to an activating group) is 1. The Hall–Kier alpha value is -1.24. The van der Waals surface area contributed by atoms with Crippen molar-refractivity contribution in [2.75, 3.05) is 46.5 Å². The first-order chi connectivity index (χ1) is 30.2. The minimum absolute atomic E-state index is 0. The summed E-state index contributed by atoms with van der Waals surface area (Å²) in [5.41, 5.74) is 2.13. The molecular weight excluding hydrogens is 917 g/mol. The van der Waals surface area contributed by atoms with Crippen molar-refractivity contribution >= 4 is 17.9 Å². The number of carbonyl (C=O) groups is 3. The van der Waals surface area contributed by atoms with Crippen LogP contribution in [0.2, 0.25) is 0 Å². The van der Waals surface area contributed by atoms with E-state index in [0.717, 1.165) is 74.5 Å². The van der Waals surface area contributed by atoms with Crippen molar-refractivity contribution in [2.45, 2.75) is 221 Å². The van der Waals surface area contributed by atoms with E-state index in [-0.39, 0.29) is 80.1 Å². The smallest absolute Gasteiger partial charge is 0.306 e. The summed E-state index contributed by atoms with van der Waals surface area (Å²) >= 11 is 0. The van der Waals surface area contributed by atoms with E-state index in [9.17, 15) is 24.6 Å². The van der Waals surface area contributed by atoms with E-state index in [1.807, 2.05) is 7.05 Å². The van der Waals surface area contributed by atoms with Gasteiger partial charge in [-0.2, -0.15) is 0 Å². The highest BCUT2D eigenvalue weighted by Crippen LogP contribution is 2.67. The molecule has 372 valence electrons. The number of halogens is 1. The van der Waals surface area contributed by atoms with E-state index in [2.05, 4.69) is 47.6 Å². The first kappa shape index (κ1) is 57.1. The van der Waals surface area contributed by atoms with Crippen LogP contribution in [0.25, 0.3) is 0 Å². The maximum Gasteiger partial charge on any atom is 0.306 e. The zero-order chi connectivity index (χ0) is 45.9. The second-order valence-corrected chi connectivity index (χ2v) is 22.3. The zero-order valence-corrected chi connectivity index (χ0v) is 44.2. The van der Waals surface area contributed by atoms with Crippen molar-refractivity contribution in [1.82, 2.24) is 0 Å². The molecule has 0 bridgehead atoms. The third-order valence-electron chi connectivity index (χ3n) is 16.9. The van der Waals surface area contributed by atoms with E-state index in [1.165, 1.54) is 102 Å². The van der Waals surface area contributed by atoms with Gasteiger partial charge in [0, 0.05) is 25.9 Å². The largest absolute Gasteiger partial charge is 1.00 e. The van der Waals surface area contributed by atoms with Gasteiger partial charge in [-0.3, -0.25) is 14.4 Å². The number of ether oxygens (including phenoxy) is 3. The molecule has 0 aliphatic heterocycles. The van der Waals surface area contributed by atoms with Gasteiger partial charge in [-0.05, 0) is 97.7 Å². The maximum atomic E-state index is 13.2. The SMILES string of the molecule is CCCCCCCCCCCCCC(=O)O[C@H](COC(=O)CCC(=O)O[C@H]1CC[C@@]2(C)C(=CC[C@H]3[C@@H]4CC[C@H]([C@H](C)CCCC(C)C)[C@@]4(C)CC[C@@H]32)C1)C[N+](C)(CCO)CCCO.[I-]. The first-order valence-electron chi connectivity index (χ1n) is 26.5. The molecule has 64 heavy (non-hydrogen) atoms. The van der Waals surface area contributed by atoms with E-state index in [4.69, 9.17) is 14.2 Å². The number of hydrogen-bond acceptors (Lipinski definition) is 8. The minimum Gasteiger partial charge on any atom is -1.00 e. The van der Waals surface area contributed by atoms with Crippen LogP contribution in [0.5, 0.6) is 0 Å².